The predicted molar refractivity (Wildman–Crippen MR) is 102 cm³/mol. The predicted octanol–water partition coefficient (Wildman–Crippen LogP) is 4.60. The average molecular weight is 365 g/mol. The molecule has 0 saturated heterocycles. The molecule has 2 aromatic heterocycles. The smallest absolute Gasteiger partial charge is 0.223 e. The van der Waals surface area contributed by atoms with Gasteiger partial charge in [0.2, 0.25) is 5.91 Å². The lowest BCUT2D eigenvalue weighted by Gasteiger charge is -2.23. The van der Waals surface area contributed by atoms with Crippen LogP contribution in [0, 0.1) is 5.82 Å². The number of hydrogen-bond donors (Lipinski definition) is 1. The van der Waals surface area contributed by atoms with Crippen molar-refractivity contribution in [1.82, 2.24) is 14.9 Å². The number of carbonyl (C=O) groups excluding carboxylic acids is 1. The van der Waals surface area contributed by atoms with Crippen LogP contribution in [0.5, 0.6) is 0 Å². The molecule has 5 nitrogen and oxygen atoms in total. The van der Waals surface area contributed by atoms with Crippen LogP contribution in [-0.4, -0.2) is 27.8 Å². The number of nitrogens with zero attached hydrogens (tertiary/aromatic N) is 2. The van der Waals surface area contributed by atoms with E-state index >= 15 is 0 Å². The van der Waals surface area contributed by atoms with Crippen molar-refractivity contribution >= 4 is 27.9 Å². The van der Waals surface area contributed by atoms with Gasteiger partial charge in [0.05, 0.1) is 17.1 Å². The van der Waals surface area contributed by atoms with E-state index < -0.39 is 0 Å². The third kappa shape index (κ3) is 3.43. The summed E-state index contributed by atoms with van der Waals surface area (Å²) in [5, 5.41) is 0.821. The molecule has 0 saturated carbocycles. The number of fused-ring (bicyclic) bond motifs is 2. The maximum Gasteiger partial charge on any atom is 0.223 e. The zero-order valence-corrected chi connectivity index (χ0v) is 15.2. The molecule has 1 atom stereocenters. The molecule has 0 fully saturated rings. The summed E-state index contributed by atoms with van der Waals surface area (Å²) in [5.41, 5.74) is 2.35. The number of amides is 1. The van der Waals surface area contributed by atoms with E-state index in [9.17, 15) is 9.18 Å². The second kappa shape index (κ2) is 6.87. The fourth-order valence-electron chi connectivity index (χ4n) is 3.16. The number of hydrogen-bond acceptors (Lipinski definition) is 3. The molecular formula is C21H20FN3O2. The summed E-state index contributed by atoms with van der Waals surface area (Å²) in [4.78, 5) is 22.0. The molecule has 1 amide bonds. The summed E-state index contributed by atoms with van der Waals surface area (Å²) in [6.07, 6.45) is 0.880. The van der Waals surface area contributed by atoms with Crippen molar-refractivity contribution < 1.29 is 13.6 Å². The van der Waals surface area contributed by atoms with Gasteiger partial charge in [0.15, 0.2) is 0 Å². The summed E-state index contributed by atoms with van der Waals surface area (Å²) in [6, 6.07) is 13.8. The van der Waals surface area contributed by atoms with Gasteiger partial charge < -0.3 is 14.3 Å². The Labute approximate surface area is 155 Å². The zero-order chi connectivity index (χ0) is 19.0. The second-order valence-corrected chi connectivity index (χ2v) is 6.71. The number of imidazole rings is 1. The van der Waals surface area contributed by atoms with E-state index in [0.717, 1.165) is 22.2 Å². The van der Waals surface area contributed by atoms with Crippen LogP contribution in [-0.2, 0) is 11.2 Å². The summed E-state index contributed by atoms with van der Waals surface area (Å²) in [5.74, 6) is 1.08. The number of aromatic amines is 1. The first-order valence-electron chi connectivity index (χ1n) is 8.89. The Morgan fingerprint density at radius 2 is 2.07 bits per heavy atom. The summed E-state index contributed by atoms with van der Waals surface area (Å²) < 4.78 is 19.1. The highest BCUT2D eigenvalue weighted by Crippen LogP contribution is 2.27. The van der Waals surface area contributed by atoms with Crippen LogP contribution in [0.1, 0.15) is 31.0 Å². The molecular weight excluding hydrogens is 345 g/mol. The van der Waals surface area contributed by atoms with Crippen LogP contribution in [0.15, 0.2) is 52.9 Å². The molecule has 6 heteroatoms. The molecule has 4 aromatic rings. The molecule has 0 spiro atoms. The Balaban J connectivity index is 1.44. The summed E-state index contributed by atoms with van der Waals surface area (Å²) in [7, 11) is 1.75. The first-order valence-corrected chi connectivity index (χ1v) is 8.89. The molecule has 0 aliphatic rings. The third-order valence-corrected chi connectivity index (χ3v) is 4.90. The number of halogens is 1. The van der Waals surface area contributed by atoms with Crippen LogP contribution in [0.25, 0.3) is 22.0 Å². The first-order chi connectivity index (χ1) is 13.0. The van der Waals surface area contributed by atoms with Crippen molar-refractivity contribution in [2.45, 2.75) is 25.8 Å². The minimum absolute atomic E-state index is 0.00501. The highest BCUT2D eigenvalue weighted by Gasteiger charge is 2.21. The number of furan rings is 1. The van der Waals surface area contributed by atoms with Gasteiger partial charge in [-0.2, -0.15) is 0 Å². The average Bonchev–Trinajstić information content (AvgIpc) is 3.27. The van der Waals surface area contributed by atoms with E-state index in [1.54, 1.807) is 18.0 Å². The van der Waals surface area contributed by atoms with E-state index in [1.165, 1.54) is 12.1 Å². The molecule has 27 heavy (non-hydrogen) atoms. The monoisotopic (exact) mass is 365 g/mol. The van der Waals surface area contributed by atoms with Gasteiger partial charge in [-0.15, -0.1) is 0 Å². The zero-order valence-electron chi connectivity index (χ0n) is 15.2. The van der Waals surface area contributed by atoms with Gasteiger partial charge >= 0.3 is 0 Å². The molecule has 0 bridgehead atoms. The Kier molecular flexibility index (Phi) is 4.39. The minimum Gasteiger partial charge on any atom is -0.459 e. The lowest BCUT2D eigenvalue weighted by molar-refractivity contribution is -0.132. The Bertz CT molecular complexity index is 1080. The van der Waals surface area contributed by atoms with Crippen molar-refractivity contribution in [3.63, 3.8) is 0 Å². The SMILES string of the molecule is CC(c1cc2ccc(F)cc2o1)N(C)C(=O)CCc1nc2ccccc2[nH]1. The van der Waals surface area contributed by atoms with E-state index in [0.29, 0.717) is 24.2 Å². The van der Waals surface area contributed by atoms with Gasteiger partial charge in [0.25, 0.3) is 0 Å². The van der Waals surface area contributed by atoms with Crippen molar-refractivity contribution in [1.29, 1.82) is 0 Å². The highest BCUT2D eigenvalue weighted by molar-refractivity contribution is 5.79. The van der Waals surface area contributed by atoms with E-state index in [1.807, 2.05) is 37.3 Å². The number of nitrogens with one attached hydrogen (secondary N) is 1. The fraction of sp³-hybridized carbons (Fsp3) is 0.238. The number of aromatic nitrogens is 2. The normalized spacial score (nSPS) is 12.6. The molecule has 0 aliphatic heterocycles. The van der Waals surface area contributed by atoms with Gasteiger partial charge in [-0.1, -0.05) is 12.1 Å². The van der Waals surface area contributed by atoms with Crippen molar-refractivity contribution in [2.75, 3.05) is 7.05 Å². The highest BCUT2D eigenvalue weighted by atomic mass is 19.1. The maximum absolute atomic E-state index is 13.3. The summed E-state index contributed by atoms with van der Waals surface area (Å²) in [6.45, 7) is 1.90. The maximum atomic E-state index is 13.3. The molecule has 1 N–H and O–H groups in total. The Morgan fingerprint density at radius 1 is 1.26 bits per heavy atom. The van der Waals surface area contributed by atoms with Gasteiger partial charge in [0.1, 0.15) is 23.0 Å². The van der Waals surface area contributed by atoms with Crippen molar-refractivity contribution in [3.05, 3.63) is 65.9 Å². The van der Waals surface area contributed by atoms with Crippen LogP contribution in [0.2, 0.25) is 0 Å². The van der Waals surface area contributed by atoms with Gasteiger partial charge in [-0.3, -0.25) is 4.79 Å². The molecule has 2 aromatic carbocycles. The van der Waals surface area contributed by atoms with Crippen LogP contribution >= 0.6 is 0 Å². The first kappa shape index (κ1) is 17.3. The van der Waals surface area contributed by atoms with Gasteiger partial charge in [0, 0.05) is 31.3 Å². The van der Waals surface area contributed by atoms with E-state index in [2.05, 4.69) is 9.97 Å². The molecule has 4 rings (SSSR count). The number of carbonyl (C=O) groups is 1. The lowest BCUT2D eigenvalue weighted by Crippen LogP contribution is -2.29. The fourth-order valence-corrected chi connectivity index (χ4v) is 3.16. The van der Waals surface area contributed by atoms with Crippen LogP contribution in [0.3, 0.4) is 0 Å². The molecule has 0 radical (unpaired) electrons. The number of aryl methyl sites for hydroxylation is 1. The topological polar surface area (TPSA) is 62.1 Å². The van der Waals surface area contributed by atoms with Crippen LogP contribution < -0.4 is 0 Å². The molecule has 1 unspecified atom stereocenters. The lowest BCUT2D eigenvalue weighted by atomic mass is 10.1. The molecule has 0 aliphatic carbocycles. The quantitative estimate of drug-likeness (QED) is 0.562. The molecule has 2 heterocycles. The summed E-state index contributed by atoms with van der Waals surface area (Å²) >= 11 is 0. The van der Waals surface area contributed by atoms with Crippen LogP contribution in [0.4, 0.5) is 4.39 Å². The Hall–Kier alpha value is -3.15. The number of benzene rings is 2. The number of para-hydroxylation sites is 2. The molecule has 138 valence electrons. The third-order valence-electron chi connectivity index (χ3n) is 4.90. The largest absolute Gasteiger partial charge is 0.459 e. The van der Waals surface area contributed by atoms with Crippen molar-refractivity contribution in [3.8, 4) is 0 Å². The standard InChI is InChI=1S/C21H20FN3O2/c1-13(18-11-14-7-8-15(22)12-19(14)27-18)25(2)21(26)10-9-20-23-16-5-3-4-6-17(16)24-20/h3-8,11-13H,9-10H2,1-2H3,(H,23,24). The van der Waals surface area contributed by atoms with Gasteiger partial charge in [-0.25, -0.2) is 9.37 Å². The second-order valence-electron chi connectivity index (χ2n) is 6.71. The van der Waals surface area contributed by atoms with E-state index in [-0.39, 0.29) is 17.8 Å². The van der Waals surface area contributed by atoms with Crippen molar-refractivity contribution in [2.24, 2.45) is 0 Å². The Morgan fingerprint density at radius 3 is 2.89 bits per heavy atom. The number of rotatable bonds is 5. The number of H-pyrrole nitrogens is 1. The van der Waals surface area contributed by atoms with Gasteiger partial charge in [-0.05, 0) is 37.3 Å². The van der Waals surface area contributed by atoms with E-state index in [4.69, 9.17) is 4.42 Å². The minimum atomic E-state index is -0.341.